The summed E-state index contributed by atoms with van der Waals surface area (Å²) in [4.78, 5) is 22.6. The van der Waals surface area contributed by atoms with Crippen molar-refractivity contribution >= 4 is 31.7 Å². The second-order valence-corrected chi connectivity index (χ2v) is 10.1. The van der Waals surface area contributed by atoms with Crippen LogP contribution in [-0.4, -0.2) is 41.7 Å². The van der Waals surface area contributed by atoms with E-state index in [4.69, 9.17) is 16.7 Å². The van der Waals surface area contributed by atoms with Crippen molar-refractivity contribution in [2.24, 2.45) is 5.92 Å². The van der Waals surface area contributed by atoms with Crippen LogP contribution in [0.3, 0.4) is 0 Å². The Morgan fingerprint density at radius 2 is 2.13 bits per heavy atom. The molecule has 0 aromatic heterocycles. The quantitative estimate of drug-likeness (QED) is 0.607. The smallest absolute Gasteiger partial charge is 0.322 e. The first-order chi connectivity index (χ1) is 6.75. The van der Waals surface area contributed by atoms with E-state index in [0.717, 1.165) is 0 Å². The van der Waals surface area contributed by atoms with E-state index >= 15 is 0 Å². The highest BCUT2D eigenvalue weighted by Crippen LogP contribution is 2.28. The first kappa shape index (κ1) is 12.5. The van der Waals surface area contributed by atoms with Crippen LogP contribution in [0.15, 0.2) is 0 Å². The Hall–Kier alpha value is -0.553. The van der Waals surface area contributed by atoms with Gasteiger partial charge < -0.3 is 9.67 Å². The maximum atomic E-state index is 11.9. The molecule has 15 heavy (non-hydrogen) atoms. The Kier molecular flexibility index (Phi) is 3.45. The normalized spacial score (nSPS) is 24.4. The zero-order valence-electron chi connectivity index (χ0n) is 9.16. The van der Waals surface area contributed by atoms with Crippen molar-refractivity contribution in [1.82, 2.24) is 4.57 Å². The molecule has 1 saturated heterocycles. The highest BCUT2D eigenvalue weighted by molar-refractivity contribution is 6.75. The number of halogens is 1. The zero-order chi connectivity index (χ0) is 11.8. The van der Waals surface area contributed by atoms with Gasteiger partial charge in [-0.25, -0.2) is 0 Å². The molecule has 1 amide bonds. The Labute approximate surface area is 95.3 Å². The summed E-state index contributed by atoms with van der Waals surface area (Å²) in [5, 5.41) is 7.67. The van der Waals surface area contributed by atoms with Crippen molar-refractivity contribution in [3.8, 4) is 0 Å². The maximum absolute atomic E-state index is 11.9. The van der Waals surface area contributed by atoms with Gasteiger partial charge in [0.25, 0.3) is 0 Å². The Bertz CT molecular complexity index is 290. The van der Waals surface area contributed by atoms with Crippen molar-refractivity contribution in [2.75, 3.05) is 6.54 Å². The molecule has 0 spiro atoms. The lowest BCUT2D eigenvalue weighted by Crippen LogP contribution is -2.48. The first-order valence-electron chi connectivity index (χ1n) is 4.93. The number of amides is 1. The molecule has 2 atom stereocenters. The second kappa shape index (κ2) is 4.13. The van der Waals surface area contributed by atoms with Crippen molar-refractivity contribution in [2.45, 2.75) is 31.4 Å². The lowest BCUT2D eigenvalue weighted by atomic mass is 10.0. The molecule has 0 aromatic carbocycles. The van der Waals surface area contributed by atoms with Crippen molar-refractivity contribution < 1.29 is 14.7 Å². The number of rotatable bonds is 3. The fourth-order valence-electron chi connectivity index (χ4n) is 1.81. The zero-order valence-corrected chi connectivity index (χ0v) is 10.9. The predicted octanol–water partition coefficient (Wildman–Crippen LogP) is 1.36. The van der Waals surface area contributed by atoms with Gasteiger partial charge in [0.2, 0.25) is 5.91 Å². The fraction of sp³-hybridized carbons (Fsp3) is 0.778. The van der Waals surface area contributed by atoms with E-state index in [1.807, 2.05) is 4.57 Å². The molecule has 0 aliphatic carbocycles. The van der Waals surface area contributed by atoms with Crippen LogP contribution in [0.1, 0.15) is 6.42 Å². The largest absolute Gasteiger partial charge is 0.480 e. The third kappa shape index (κ3) is 2.52. The number of nitrogens with zero attached hydrogens (tertiary/aromatic N) is 1. The van der Waals surface area contributed by atoms with Crippen LogP contribution >= 0.6 is 11.6 Å². The van der Waals surface area contributed by atoms with Crippen molar-refractivity contribution in [3.63, 3.8) is 0 Å². The molecular weight excluding hydrogens is 234 g/mol. The molecule has 4 nitrogen and oxygen atoms in total. The van der Waals surface area contributed by atoms with E-state index < -0.39 is 25.5 Å². The predicted molar refractivity (Wildman–Crippen MR) is 60.4 cm³/mol. The van der Waals surface area contributed by atoms with E-state index in [1.165, 1.54) is 0 Å². The number of carbonyl (C=O) groups excluding carboxylic acids is 1. The Morgan fingerprint density at radius 1 is 1.60 bits per heavy atom. The van der Waals surface area contributed by atoms with Crippen LogP contribution in [0.2, 0.25) is 19.6 Å². The Balaban J connectivity index is 2.77. The third-order valence-corrected chi connectivity index (χ3v) is 5.20. The summed E-state index contributed by atoms with van der Waals surface area (Å²) in [6, 6.07) is 0. The lowest BCUT2D eigenvalue weighted by Gasteiger charge is -2.30. The number of aliphatic carboxylic acids is 1. The van der Waals surface area contributed by atoms with Crippen molar-refractivity contribution in [3.05, 3.63) is 0 Å². The fourth-order valence-corrected chi connectivity index (χ4v) is 3.67. The van der Waals surface area contributed by atoms with Crippen LogP contribution in [0.4, 0.5) is 0 Å². The van der Waals surface area contributed by atoms with E-state index in [-0.39, 0.29) is 5.91 Å². The minimum atomic E-state index is -1.68. The molecule has 0 unspecified atom stereocenters. The minimum absolute atomic E-state index is 0.0865. The topological polar surface area (TPSA) is 57.6 Å². The van der Waals surface area contributed by atoms with Crippen LogP contribution in [-0.2, 0) is 9.59 Å². The molecular formula is C9H16ClNO3Si. The number of carboxylic acids is 1. The Morgan fingerprint density at radius 3 is 2.47 bits per heavy atom. The summed E-state index contributed by atoms with van der Waals surface area (Å²) < 4.78 is 1.83. The summed E-state index contributed by atoms with van der Waals surface area (Å²) in [5.74, 6) is -1.74. The van der Waals surface area contributed by atoms with Gasteiger partial charge in [-0.3, -0.25) is 9.59 Å². The van der Waals surface area contributed by atoms with E-state index in [1.54, 1.807) is 0 Å². The standard InChI is InChI=1S/C9H16ClNO3Si/c1-15(2,3)11-5-4-6(8(11)12)7(10)9(13)14/h6-7H,4-5H2,1-3H3,(H,13,14)/t6-,7-/m1/s1. The molecule has 1 fully saturated rings. The number of hydrogen-bond acceptors (Lipinski definition) is 2. The van der Waals surface area contributed by atoms with Gasteiger partial charge in [-0.05, 0) is 6.42 Å². The molecule has 0 bridgehead atoms. The summed E-state index contributed by atoms with van der Waals surface area (Å²) in [7, 11) is -1.68. The number of alkyl halides is 1. The summed E-state index contributed by atoms with van der Waals surface area (Å²) in [5.41, 5.74) is 0. The third-order valence-electron chi connectivity index (χ3n) is 2.65. The van der Waals surface area contributed by atoms with Gasteiger partial charge >= 0.3 is 5.97 Å². The molecule has 1 rings (SSSR count). The molecule has 0 aromatic rings. The van der Waals surface area contributed by atoms with Gasteiger partial charge in [0.15, 0.2) is 8.24 Å². The van der Waals surface area contributed by atoms with Gasteiger partial charge in [0.1, 0.15) is 5.38 Å². The molecule has 1 aliphatic heterocycles. The number of carboxylic acid groups (broad SMARTS) is 1. The van der Waals surface area contributed by atoms with Crippen LogP contribution < -0.4 is 0 Å². The maximum Gasteiger partial charge on any atom is 0.322 e. The molecule has 1 N–H and O–H groups in total. The average molecular weight is 250 g/mol. The summed E-state index contributed by atoms with van der Waals surface area (Å²) >= 11 is 5.70. The second-order valence-electron chi connectivity index (χ2n) is 4.80. The highest BCUT2D eigenvalue weighted by Gasteiger charge is 2.43. The van der Waals surface area contributed by atoms with Crippen molar-refractivity contribution in [1.29, 1.82) is 0 Å². The van der Waals surface area contributed by atoms with E-state index in [0.29, 0.717) is 13.0 Å². The summed E-state index contributed by atoms with van der Waals surface area (Å²) in [6.07, 6.45) is 0.559. The minimum Gasteiger partial charge on any atom is -0.480 e. The average Bonchev–Trinajstić information content (AvgIpc) is 2.44. The van der Waals surface area contributed by atoms with Gasteiger partial charge in [-0.2, -0.15) is 0 Å². The van der Waals surface area contributed by atoms with Crippen LogP contribution in [0.25, 0.3) is 0 Å². The van der Waals surface area contributed by atoms with Gasteiger partial charge in [-0.15, -0.1) is 11.6 Å². The molecule has 0 radical (unpaired) electrons. The number of hydrogen-bond donors (Lipinski definition) is 1. The lowest BCUT2D eigenvalue weighted by molar-refractivity contribution is -0.140. The monoisotopic (exact) mass is 249 g/mol. The summed E-state index contributed by atoms with van der Waals surface area (Å²) in [6.45, 7) is 6.85. The highest BCUT2D eigenvalue weighted by atomic mass is 35.5. The molecule has 1 heterocycles. The first-order valence-corrected chi connectivity index (χ1v) is 8.82. The van der Waals surface area contributed by atoms with E-state index in [2.05, 4.69) is 19.6 Å². The van der Waals surface area contributed by atoms with Gasteiger partial charge in [0, 0.05) is 6.54 Å². The molecule has 86 valence electrons. The van der Waals surface area contributed by atoms with Crippen LogP contribution in [0.5, 0.6) is 0 Å². The molecule has 6 heteroatoms. The van der Waals surface area contributed by atoms with Crippen LogP contribution in [0, 0.1) is 5.92 Å². The van der Waals surface area contributed by atoms with Gasteiger partial charge in [-0.1, -0.05) is 19.6 Å². The van der Waals surface area contributed by atoms with Gasteiger partial charge in [0.05, 0.1) is 5.92 Å². The molecule has 1 aliphatic rings. The molecule has 0 saturated carbocycles. The SMILES string of the molecule is C[Si](C)(C)N1CC[C@H]([C@@H](Cl)C(=O)O)C1=O. The van der Waals surface area contributed by atoms with E-state index in [9.17, 15) is 9.59 Å². The number of carbonyl (C=O) groups is 2.